The van der Waals surface area contributed by atoms with Crippen LogP contribution in [0.2, 0.25) is 0 Å². The maximum Gasteiger partial charge on any atom is 0.339 e. The quantitative estimate of drug-likeness (QED) is 0.762. The van der Waals surface area contributed by atoms with Crippen LogP contribution in [0.1, 0.15) is 27.6 Å². The van der Waals surface area contributed by atoms with Crippen LogP contribution in [0.4, 0.5) is 0 Å². The summed E-state index contributed by atoms with van der Waals surface area (Å²) in [5.41, 5.74) is 0.279. The zero-order chi connectivity index (χ0) is 12.8. The molecule has 1 rings (SSSR count). The van der Waals surface area contributed by atoms with Crippen molar-refractivity contribution < 1.29 is 24.2 Å². The van der Waals surface area contributed by atoms with Gasteiger partial charge in [0.15, 0.2) is 5.78 Å². The van der Waals surface area contributed by atoms with E-state index in [0.717, 1.165) is 0 Å². The highest BCUT2D eigenvalue weighted by Gasteiger charge is 2.15. The van der Waals surface area contributed by atoms with Crippen LogP contribution in [0.3, 0.4) is 0 Å². The number of rotatable bonds is 6. The summed E-state index contributed by atoms with van der Waals surface area (Å²) in [4.78, 5) is 22.5. The number of Topliss-reactive ketones (excluding diaryl/α,β-unsaturated/α-hetero) is 1. The zero-order valence-corrected chi connectivity index (χ0v) is 9.73. The first-order valence-corrected chi connectivity index (χ1v) is 5.12. The lowest BCUT2D eigenvalue weighted by atomic mass is 10.1. The van der Waals surface area contributed by atoms with Gasteiger partial charge in [-0.2, -0.15) is 0 Å². The summed E-state index contributed by atoms with van der Waals surface area (Å²) >= 11 is 0. The Labute approximate surface area is 99.0 Å². The summed E-state index contributed by atoms with van der Waals surface area (Å²) in [6.45, 7) is 2.05. The molecule has 0 saturated carbocycles. The van der Waals surface area contributed by atoms with E-state index in [1.807, 2.05) is 0 Å². The van der Waals surface area contributed by atoms with Crippen molar-refractivity contribution in [1.82, 2.24) is 0 Å². The molecule has 0 unspecified atom stereocenters. The molecule has 5 heteroatoms. The van der Waals surface area contributed by atoms with Crippen LogP contribution in [-0.2, 0) is 4.74 Å². The lowest BCUT2D eigenvalue weighted by Crippen LogP contribution is -2.10. The summed E-state index contributed by atoms with van der Waals surface area (Å²) in [6, 6.07) is 4.31. The van der Waals surface area contributed by atoms with Gasteiger partial charge in [0.1, 0.15) is 17.9 Å². The highest BCUT2D eigenvalue weighted by Crippen LogP contribution is 2.20. The third-order valence-corrected chi connectivity index (χ3v) is 2.11. The summed E-state index contributed by atoms with van der Waals surface area (Å²) in [5, 5.41) is 9.01. The zero-order valence-electron chi connectivity index (χ0n) is 9.73. The summed E-state index contributed by atoms with van der Waals surface area (Å²) < 4.78 is 9.88. The van der Waals surface area contributed by atoms with Crippen molar-refractivity contribution in [2.24, 2.45) is 0 Å². The van der Waals surface area contributed by atoms with E-state index in [4.69, 9.17) is 14.6 Å². The van der Waals surface area contributed by atoms with Gasteiger partial charge in [-0.05, 0) is 25.1 Å². The van der Waals surface area contributed by atoms with Crippen molar-refractivity contribution in [2.75, 3.05) is 20.3 Å². The third-order valence-electron chi connectivity index (χ3n) is 2.11. The van der Waals surface area contributed by atoms with Crippen molar-refractivity contribution in [3.05, 3.63) is 29.3 Å². The molecule has 0 spiro atoms. The Balaban J connectivity index is 3.09. The molecule has 0 aliphatic heterocycles. The number of benzene rings is 1. The van der Waals surface area contributed by atoms with Gasteiger partial charge in [0, 0.05) is 12.7 Å². The van der Waals surface area contributed by atoms with E-state index in [0.29, 0.717) is 12.2 Å². The van der Waals surface area contributed by atoms with E-state index in [1.54, 1.807) is 6.92 Å². The molecular weight excluding hydrogens is 224 g/mol. The normalized spacial score (nSPS) is 10.0. The molecule has 0 aliphatic rings. The maximum atomic E-state index is 11.5. The van der Waals surface area contributed by atoms with Crippen molar-refractivity contribution in [2.45, 2.75) is 6.92 Å². The van der Waals surface area contributed by atoms with Crippen molar-refractivity contribution in [1.29, 1.82) is 0 Å². The Morgan fingerprint density at radius 2 is 2.06 bits per heavy atom. The Morgan fingerprint density at radius 1 is 1.35 bits per heavy atom. The Kier molecular flexibility index (Phi) is 4.66. The largest absolute Gasteiger partial charge is 0.493 e. The van der Waals surface area contributed by atoms with Crippen molar-refractivity contribution in [3.63, 3.8) is 0 Å². The van der Waals surface area contributed by atoms with Gasteiger partial charge in [-0.25, -0.2) is 4.79 Å². The molecule has 92 valence electrons. The molecular formula is C12H14O5. The van der Waals surface area contributed by atoms with Crippen LogP contribution in [0, 0.1) is 0 Å². The second-order valence-electron chi connectivity index (χ2n) is 3.31. The molecule has 0 aliphatic carbocycles. The van der Waals surface area contributed by atoms with E-state index >= 15 is 0 Å². The predicted octanol–water partition coefficient (Wildman–Crippen LogP) is 1.61. The second-order valence-corrected chi connectivity index (χ2v) is 3.31. The number of carboxylic acids is 1. The first kappa shape index (κ1) is 13.2. The Morgan fingerprint density at radius 3 is 2.59 bits per heavy atom. The van der Waals surface area contributed by atoms with Crippen LogP contribution in [0.25, 0.3) is 0 Å². The van der Waals surface area contributed by atoms with Crippen LogP contribution in [-0.4, -0.2) is 37.2 Å². The van der Waals surface area contributed by atoms with Gasteiger partial charge >= 0.3 is 5.97 Å². The fourth-order valence-electron chi connectivity index (χ4n) is 1.37. The maximum absolute atomic E-state index is 11.5. The second kappa shape index (κ2) is 6.00. The highest BCUT2D eigenvalue weighted by atomic mass is 16.5. The molecule has 1 aromatic carbocycles. The monoisotopic (exact) mass is 238 g/mol. The number of hydrogen-bond donors (Lipinski definition) is 1. The molecule has 0 fully saturated rings. The summed E-state index contributed by atoms with van der Waals surface area (Å²) in [7, 11) is 1.41. The van der Waals surface area contributed by atoms with Crippen LogP contribution >= 0.6 is 0 Å². The highest BCUT2D eigenvalue weighted by molar-refractivity contribution is 6.00. The molecule has 0 radical (unpaired) electrons. The van der Waals surface area contributed by atoms with Crippen molar-refractivity contribution in [3.8, 4) is 5.75 Å². The van der Waals surface area contributed by atoms with E-state index < -0.39 is 5.97 Å². The van der Waals surface area contributed by atoms with Gasteiger partial charge in [0.05, 0.1) is 6.61 Å². The van der Waals surface area contributed by atoms with Crippen molar-refractivity contribution >= 4 is 11.8 Å². The minimum atomic E-state index is -1.12. The molecule has 5 nitrogen and oxygen atoms in total. The number of carbonyl (C=O) groups is 2. The molecule has 0 heterocycles. The molecule has 0 bridgehead atoms. The standard InChI is InChI=1S/C12H14O5/c1-3-17-11-5-4-8(10(13)7-16-2)6-9(11)12(14)15/h4-6H,3,7H2,1-2H3,(H,14,15). The van der Waals surface area contributed by atoms with Gasteiger partial charge in [-0.1, -0.05) is 0 Å². The molecule has 0 amide bonds. The smallest absolute Gasteiger partial charge is 0.339 e. The molecule has 1 aromatic rings. The van der Waals surface area contributed by atoms with Crippen LogP contribution in [0.5, 0.6) is 5.75 Å². The van der Waals surface area contributed by atoms with E-state index in [9.17, 15) is 9.59 Å². The average molecular weight is 238 g/mol. The fourth-order valence-corrected chi connectivity index (χ4v) is 1.37. The number of carbonyl (C=O) groups excluding carboxylic acids is 1. The number of methoxy groups -OCH3 is 1. The van der Waals surface area contributed by atoms with E-state index in [2.05, 4.69) is 0 Å². The molecule has 0 atom stereocenters. The number of ether oxygens (including phenoxy) is 2. The first-order chi connectivity index (χ1) is 8.10. The molecule has 0 saturated heterocycles. The lowest BCUT2D eigenvalue weighted by molar-refractivity contribution is 0.0692. The van der Waals surface area contributed by atoms with Gasteiger partial charge in [-0.15, -0.1) is 0 Å². The topological polar surface area (TPSA) is 72.8 Å². The number of hydrogen-bond acceptors (Lipinski definition) is 4. The Hall–Kier alpha value is -1.88. The SMILES string of the molecule is CCOc1ccc(C(=O)COC)cc1C(=O)O. The van der Waals surface area contributed by atoms with Gasteiger partial charge in [-0.3, -0.25) is 4.79 Å². The van der Waals surface area contributed by atoms with Gasteiger partial charge < -0.3 is 14.6 Å². The fraction of sp³-hybridized carbons (Fsp3) is 0.333. The Bertz CT molecular complexity index is 425. The summed E-state index contributed by atoms with van der Waals surface area (Å²) in [5.74, 6) is -1.13. The summed E-state index contributed by atoms with van der Waals surface area (Å²) in [6.07, 6.45) is 0. The van der Waals surface area contributed by atoms with Gasteiger partial charge in [0.25, 0.3) is 0 Å². The van der Waals surface area contributed by atoms with E-state index in [1.165, 1.54) is 25.3 Å². The minimum absolute atomic E-state index is 0.0196. The van der Waals surface area contributed by atoms with Crippen LogP contribution in [0.15, 0.2) is 18.2 Å². The molecule has 0 aromatic heterocycles. The van der Waals surface area contributed by atoms with E-state index in [-0.39, 0.29) is 23.7 Å². The first-order valence-electron chi connectivity index (χ1n) is 5.12. The van der Waals surface area contributed by atoms with Gasteiger partial charge in [0.2, 0.25) is 0 Å². The number of carboxylic acid groups (broad SMARTS) is 1. The average Bonchev–Trinajstić information content (AvgIpc) is 2.30. The number of ketones is 1. The predicted molar refractivity (Wildman–Crippen MR) is 60.8 cm³/mol. The molecule has 1 N–H and O–H groups in total. The molecule has 17 heavy (non-hydrogen) atoms. The third kappa shape index (κ3) is 3.29. The minimum Gasteiger partial charge on any atom is -0.493 e. The lowest BCUT2D eigenvalue weighted by Gasteiger charge is -2.08. The van der Waals surface area contributed by atoms with Crippen LogP contribution < -0.4 is 4.74 Å². The number of aromatic carboxylic acids is 1.